The quantitative estimate of drug-likeness (QED) is 0.209. The van der Waals surface area contributed by atoms with Gasteiger partial charge in [-0.2, -0.15) is 0 Å². The molecule has 2 saturated heterocycles. The number of hydrogen-bond donors (Lipinski definition) is 2. The molecule has 6 rings (SSSR count). The van der Waals surface area contributed by atoms with Crippen LogP contribution >= 0.6 is 0 Å². The van der Waals surface area contributed by atoms with E-state index in [1.165, 1.54) is 11.1 Å². The van der Waals surface area contributed by atoms with Crippen molar-refractivity contribution in [3.8, 4) is 5.75 Å². The summed E-state index contributed by atoms with van der Waals surface area (Å²) in [5.74, 6) is 0.552. The topological polar surface area (TPSA) is 48.0 Å². The van der Waals surface area contributed by atoms with Crippen molar-refractivity contribution in [2.24, 2.45) is 0 Å². The van der Waals surface area contributed by atoms with E-state index < -0.39 is 13.9 Å². The molecule has 0 spiro atoms. The van der Waals surface area contributed by atoms with Crippen LogP contribution in [0.3, 0.4) is 0 Å². The molecule has 1 aliphatic carbocycles. The average Bonchev–Trinajstić information content (AvgIpc) is 3.07. The Morgan fingerprint density at radius 1 is 0.837 bits per heavy atom. The Morgan fingerprint density at radius 2 is 1.47 bits per heavy atom. The molecule has 0 bridgehead atoms. The van der Waals surface area contributed by atoms with E-state index >= 15 is 4.39 Å². The van der Waals surface area contributed by atoms with Crippen LogP contribution in [0.5, 0.6) is 5.75 Å². The van der Waals surface area contributed by atoms with E-state index in [4.69, 9.17) is 4.43 Å². The Morgan fingerprint density at radius 3 is 2.08 bits per heavy atom. The summed E-state index contributed by atoms with van der Waals surface area (Å²) in [5.41, 5.74) is 5.93. The van der Waals surface area contributed by atoms with E-state index in [2.05, 4.69) is 80.9 Å². The molecule has 2 heterocycles. The van der Waals surface area contributed by atoms with Crippen LogP contribution in [0.2, 0.25) is 16.6 Å². The second-order valence-corrected chi connectivity index (χ2v) is 21.3. The first-order valence-corrected chi connectivity index (χ1v) is 20.8. The van der Waals surface area contributed by atoms with Crippen LogP contribution in [-0.2, 0) is 6.42 Å². The number of anilines is 1. The third-order valence-electron chi connectivity index (χ3n) is 12.0. The fourth-order valence-electron chi connectivity index (χ4n) is 9.48. The van der Waals surface area contributed by atoms with Gasteiger partial charge in [0.25, 0.3) is 8.32 Å². The summed E-state index contributed by atoms with van der Waals surface area (Å²) in [7, 11) is -2.12. The summed E-state index contributed by atoms with van der Waals surface area (Å²) in [5, 5.41) is 14.4. The molecule has 2 aliphatic heterocycles. The van der Waals surface area contributed by atoms with Crippen LogP contribution in [0.4, 0.5) is 14.5 Å². The summed E-state index contributed by atoms with van der Waals surface area (Å²) in [6.07, 6.45) is 3.33. The molecular weight excluding hydrogens is 633 g/mol. The van der Waals surface area contributed by atoms with E-state index in [-0.39, 0.29) is 23.5 Å². The van der Waals surface area contributed by atoms with Gasteiger partial charge in [-0.15, -0.1) is 0 Å². The van der Waals surface area contributed by atoms with Crippen molar-refractivity contribution >= 4 is 14.0 Å². The minimum atomic E-state index is -2.12. The summed E-state index contributed by atoms with van der Waals surface area (Å²) in [6.45, 7) is 19.3. The second-order valence-electron chi connectivity index (χ2n) is 15.9. The third kappa shape index (κ3) is 7.49. The molecule has 266 valence electrons. The lowest BCUT2D eigenvalue weighted by Crippen LogP contribution is -2.54. The van der Waals surface area contributed by atoms with Crippen molar-refractivity contribution < 1.29 is 18.3 Å². The molecule has 0 saturated carbocycles. The Kier molecular flexibility index (Phi) is 10.9. The Bertz CT molecular complexity index is 1540. The molecule has 49 heavy (non-hydrogen) atoms. The number of aryl methyl sites for hydroxylation is 1. The average molecular weight is 690 g/mol. The zero-order valence-corrected chi connectivity index (χ0v) is 31.4. The number of fused-ring (bicyclic) bond motifs is 1. The van der Waals surface area contributed by atoms with Gasteiger partial charge >= 0.3 is 0 Å². The maximum absolute atomic E-state index is 16.2. The van der Waals surface area contributed by atoms with Crippen molar-refractivity contribution in [3.05, 3.63) is 94.6 Å². The predicted octanol–water partition coefficient (Wildman–Crippen LogP) is 8.62. The van der Waals surface area contributed by atoms with E-state index in [1.54, 1.807) is 18.2 Å². The highest BCUT2D eigenvalue weighted by molar-refractivity contribution is 6.78. The van der Waals surface area contributed by atoms with E-state index in [0.717, 1.165) is 81.8 Å². The number of nitrogens with zero attached hydrogens (tertiary/aromatic N) is 2. The first-order chi connectivity index (χ1) is 23.4. The molecule has 5 nitrogen and oxygen atoms in total. The van der Waals surface area contributed by atoms with Crippen LogP contribution in [0.1, 0.15) is 94.9 Å². The fraction of sp³-hybridized carbons (Fsp3) is 0.561. The zero-order valence-electron chi connectivity index (χ0n) is 30.4. The first kappa shape index (κ1) is 36.0. The number of halogens is 2. The van der Waals surface area contributed by atoms with Gasteiger partial charge in [0, 0.05) is 38.6 Å². The maximum atomic E-state index is 16.2. The van der Waals surface area contributed by atoms with E-state index in [0.29, 0.717) is 28.9 Å². The molecule has 3 aromatic rings. The number of β-amino-alcohol motifs (C(OH)–C–C–N with tert-alkyl or cyclic N) is 1. The van der Waals surface area contributed by atoms with Gasteiger partial charge in [-0.3, -0.25) is 4.90 Å². The molecule has 0 amide bonds. The van der Waals surface area contributed by atoms with E-state index in [9.17, 15) is 9.50 Å². The van der Waals surface area contributed by atoms with Crippen LogP contribution in [0.15, 0.2) is 60.7 Å². The standard InChI is InChI=1S/C41H57F2N3O2Si/c1-28(2)49(29(3)4,30(5)6)48-35-13-15-37-32(25-35)9-14-36(31-7-11-34(42)12-8-31)40(37)33-10-16-39(38(43)26-33)46-23-21-45(22-24-46)27-41(47)17-19-44-20-18-41/h7-8,10-13,15-16,25-26,28-30,36,40,44,47H,9,14,17-24,27H2,1-6H3/t36-,40+/m1/s1. The SMILES string of the molecule is CC(C)[Si](Oc1ccc2c(c1)CC[C@H](c1ccc(F)cc1)[C@@H]2c1ccc(N2CCN(CC3(O)CCNCC3)CC2)c(F)c1)(C(C)C)C(C)C. The highest BCUT2D eigenvalue weighted by atomic mass is 28.4. The van der Waals surface area contributed by atoms with Crippen LogP contribution in [0.25, 0.3) is 0 Å². The van der Waals surface area contributed by atoms with Gasteiger partial charge in [0.1, 0.15) is 17.4 Å². The lowest BCUT2D eigenvalue weighted by Gasteiger charge is -2.42. The molecule has 2 atom stereocenters. The molecule has 3 aromatic carbocycles. The Hall–Kier alpha value is -2.78. The van der Waals surface area contributed by atoms with Crippen molar-refractivity contribution in [2.45, 2.75) is 101 Å². The number of piperidine rings is 1. The minimum Gasteiger partial charge on any atom is -0.543 e. The van der Waals surface area contributed by atoms with E-state index in [1.807, 2.05) is 18.2 Å². The molecule has 3 aliphatic rings. The van der Waals surface area contributed by atoms with Gasteiger partial charge < -0.3 is 19.7 Å². The number of rotatable bonds is 10. The third-order valence-corrected chi connectivity index (χ3v) is 18.0. The highest BCUT2D eigenvalue weighted by Gasteiger charge is 2.47. The highest BCUT2D eigenvalue weighted by Crippen LogP contribution is 2.49. The van der Waals surface area contributed by atoms with Gasteiger partial charge in [-0.1, -0.05) is 65.8 Å². The Labute approximate surface area is 294 Å². The summed E-state index contributed by atoms with van der Waals surface area (Å²) in [4.78, 5) is 4.47. The number of aliphatic hydroxyl groups is 1. The summed E-state index contributed by atoms with van der Waals surface area (Å²) in [6, 6.07) is 19.3. The van der Waals surface area contributed by atoms with Crippen molar-refractivity contribution in [1.29, 1.82) is 0 Å². The van der Waals surface area contributed by atoms with Gasteiger partial charge in [0.2, 0.25) is 0 Å². The normalized spacial score (nSPS) is 21.8. The smallest absolute Gasteiger partial charge is 0.258 e. The lowest BCUT2D eigenvalue weighted by atomic mass is 9.69. The second kappa shape index (κ2) is 14.8. The number of piperazine rings is 1. The molecular formula is C41H57F2N3O2Si. The van der Waals surface area contributed by atoms with Crippen LogP contribution in [0, 0.1) is 11.6 Å². The van der Waals surface area contributed by atoms with Gasteiger partial charge in [-0.05, 0) is 120 Å². The van der Waals surface area contributed by atoms with Gasteiger partial charge in [-0.25, -0.2) is 8.78 Å². The number of benzene rings is 3. The molecule has 2 fully saturated rings. The van der Waals surface area contributed by atoms with Crippen molar-refractivity contribution in [1.82, 2.24) is 10.2 Å². The molecule has 0 radical (unpaired) electrons. The fourth-order valence-corrected chi connectivity index (χ4v) is 14.7. The zero-order chi connectivity index (χ0) is 34.9. The maximum Gasteiger partial charge on any atom is 0.258 e. The van der Waals surface area contributed by atoms with Crippen LogP contribution in [-0.4, -0.2) is 69.7 Å². The summed E-state index contributed by atoms with van der Waals surface area (Å²) < 4.78 is 37.3. The van der Waals surface area contributed by atoms with Crippen molar-refractivity contribution in [2.75, 3.05) is 50.7 Å². The van der Waals surface area contributed by atoms with Crippen LogP contribution < -0.4 is 14.6 Å². The molecule has 8 heteroatoms. The minimum absolute atomic E-state index is 0.0586. The van der Waals surface area contributed by atoms with Gasteiger partial charge in [0.15, 0.2) is 0 Å². The molecule has 2 N–H and O–H groups in total. The largest absolute Gasteiger partial charge is 0.543 e. The number of hydrogen-bond acceptors (Lipinski definition) is 5. The predicted molar refractivity (Wildman–Crippen MR) is 200 cm³/mol. The lowest BCUT2D eigenvalue weighted by molar-refractivity contribution is -0.0218. The monoisotopic (exact) mass is 689 g/mol. The van der Waals surface area contributed by atoms with Gasteiger partial charge in [0.05, 0.1) is 11.3 Å². The number of nitrogens with one attached hydrogen (secondary N) is 1. The Balaban J connectivity index is 1.27. The van der Waals surface area contributed by atoms with Crippen molar-refractivity contribution in [3.63, 3.8) is 0 Å². The first-order valence-electron chi connectivity index (χ1n) is 18.7. The summed E-state index contributed by atoms with van der Waals surface area (Å²) >= 11 is 0. The molecule has 0 aromatic heterocycles. The molecule has 0 unspecified atom stereocenters.